The van der Waals surface area contributed by atoms with Crippen LogP contribution in [0.25, 0.3) is 0 Å². The molecule has 0 aromatic heterocycles. The van der Waals surface area contributed by atoms with E-state index in [9.17, 15) is 9.59 Å². The lowest BCUT2D eigenvalue weighted by Crippen LogP contribution is -2.53. The van der Waals surface area contributed by atoms with Crippen molar-refractivity contribution in [2.75, 3.05) is 32.7 Å². The molecule has 6 heteroatoms. The Balaban J connectivity index is 2.26. The van der Waals surface area contributed by atoms with Gasteiger partial charge in [-0.3, -0.25) is 15.0 Å². The highest BCUT2D eigenvalue weighted by Gasteiger charge is 2.20. The smallest absolute Gasteiger partial charge is 0.321 e. The number of urea groups is 1. The average Bonchev–Trinajstić information content (AvgIpc) is 2.29. The normalized spacial score (nSPS) is 20.9. The van der Waals surface area contributed by atoms with E-state index in [4.69, 9.17) is 0 Å². The summed E-state index contributed by atoms with van der Waals surface area (Å²) in [5.41, 5.74) is 0. The van der Waals surface area contributed by atoms with Crippen molar-refractivity contribution in [1.29, 1.82) is 0 Å². The third-order valence-electron chi connectivity index (χ3n) is 2.77. The minimum Gasteiger partial charge on any atom is -0.338 e. The summed E-state index contributed by atoms with van der Waals surface area (Å²) in [6, 6.07) is -0.0761. The molecule has 0 aromatic carbocycles. The number of nitrogens with one attached hydrogen (secondary N) is 3. The van der Waals surface area contributed by atoms with Crippen molar-refractivity contribution in [2.45, 2.75) is 26.3 Å². The average molecular weight is 242 g/mol. The Hall–Kier alpha value is -1.14. The molecule has 0 radical (unpaired) electrons. The second-order valence-electron chi connectivity index (χ2n) is 4.33. The minimum atomic E-state index is -0.403. The van der Waals surface area contributed by atoms with E-state index in [1.54, 1.807) is 0 Å². The summed E-state index contributed by atoms with van der Waals surface area (Å²) >= 11 is 0. The van der Waals surface area contributed by atoms with Gasteiger partial charge in [0.15, 0.2) is 0 Å². The van der Waals surface area contributed by atoms with E-state index in [-0.39, 0.29) is 12.5 Å². The fraction of sp³-hybridized carbons (Fsp3) is 0.818. The van der Waals surface area contributed by atoms with Crippen molar-refractivity contribution in [3.63, 3.8) is 0 Å². The Kier molecular flexibility index (Phi) is 5.93. The Morgan fingerprint density at radius 3 is 2.88 bits per heavy atom. The van der Waals surface area contributed by atoms with Crippen LogP contribution in [0.3, 0.4) is 0 Å². The molecule has 1 fully saturated rings. The maximum absolute atomic E-state index is 11.6. The zero-order chi connectivity index (χ0) is 12.7. The van der Waals surface area contributed by atoms with E-state index < -0.39 is 6.03 Å². The van der Waals surface area contributed by atoms with E-state index in [1.807, 2.05) is 6.92 Å². The highest BCUT2D eigenvalue weighted by molar-refractivity contribution is 5.95. The lowest BCUT2D eigenvalue weighted by atomic mass is 10.2. The van der Waals surface area contributed by atoms with Crippen molar-refractivity contribution < 1.29 is 9.59 Å². The topological polar surface area (TPSA) is 73.5 Å². The van der Waals surface area contributed by atoms with Gasteiger partial charge in [-0.2, -0.15) is 0 Å². The Morgan fingerprint density at radius 2 is 2.24 bits per heavy atom. The summed E-state index contributed by atoms with van der Waals surface area (Å²) in [4.78, 5) is 24.9. The summed E-state index contributed by atoms with van der Waals surface area (Å²) in [5, 5.41) is 8.20. The number of amides is 3. The molecule has 1 unspecified atom stereocenters. The predicted molar refractivity (Wildman–Crippen MR) is 65.7 cm³/mol. The van der Waals surface area contributed by atoms with Crippen molar-refractivity contribution in [3.8, 4) is 0 Å². The molecule has 0 spiro atoms. The van der Waals surface area contributed by atoms with Crippen LogP contribution in [0.4, 0.5) is 4.79 Å². The number of nitrogens with zero attached hydrogens (tertiary/aromatic N) is 1. The number of rotatable bonds is 4. The third-order valence-corrected chi connectivity index (χ3v) is 2.77. The molecular weight excluding hydrogens is 220 g/mol. The van der Waals surface area contributed by atoms with Crippen molar-refractivity contribution in [1.82, 2.24) is 20.9 Å². The standard InChI is InChI=1S/C11H22N4O2/c1-3-4-13-11(17)14-10(16)8-15-6-5-12-7-9(15)2/h9,12H,3-8H2,1-2H3,(H2,13,14,16,17). The summed E-state index contributed by atoms with van der Waals surface area (Å²) < 4.78 is 0. The molecule has 3 amide bonds. The van der Waals surface area contributed by atoms with Crippen LogP contribution in [0.5, 0.6) is 0 Å². The first kappa shape index (κ1) is 13.9. The fourth-order valence-corrected chi connectivity index (χ4v) is 1.75. The van der Waals surface area contributed by atoms with Gasteiger partial charge >= 0.3 is 6.03 Å². The van der Waals surface area contributed by atoms with Crippen LogP contribution in [0, 0.1) is 0 Å². The Labute approximate surface area is 102 Å². The number of imide groups is 1. The monoisotopic (exact) mass is 242 g/mol. The number of hydrogen-bond donors (Lipinski definition) is 3. The van der Waals surface area contributed by atoms with Gasteiger partial charge in [0.05, 0.1) is 6.54 Å². The first-order chi connectivity index (χ1) is 8.13. The second-order valence-corrected chi connectivity index (χ2v) is 4.33. The first-order valence-corrected chi connectivity index (χ1v) is 6.16. The highest BCUT2D eigenvalue weighted by atomic mass is 16.2. The molecule has 1 aliphatic heterocycles. The molecule has 6 nitrogen and oxygen atoms in total. The van der Waals surface area contributed by atoms with Crippen LogP contribution in [0.1, 0.15) is 20.3 Å². The molecule has 98 valence electrons. The molecule has 1 rings (SSSR count). The highest BCUT2D eigenvalue weighted by Crippen LogP contribution is 2.00. The molecule has 0 saturated carbocycles. The van der Waals surface area contributed by atoms with Crippen molar-refractivity contribution in [3.05, 3.63) is 0 Å². The molecule has 0 aliphatic carbocycles. The maximum atomic E-state index is 11.6. The molecular formula is C11H22N4O2. The molecule has 1 saturated heterocycles. The Morgan fingerprint density at radius 1 is 1.47 bits per heavy atom. The predicted octanol–water partition coefficient (Wildman–Crippen LogP) is -0.484. The molecule has 3 N–H and O–H groups in total. The van der Waals surface area contributed by atoms with Gasteiger partial charge in [-0.05, 0) is 13.3 Å². The number of hydrogen-bond acceptors (Lipinski definition) is 4. The van der Waals surface area contributed by atoms with Gasteiger partial charge in [-0.25, -0.2) is 4.79 Å². The maximum Gasteiger partial charge on any atom is 0.321 e. The van der Waals surface area contributed by atoms with Gasteiger partial charge in [0.2, 0.25) is 5.91 Å². The Bertz CT molecular complexity index is 270. The van der Waals surface area contributed by atoms with Crippen LogP contribution < -0.4 is 16.0 Å². The lowest BCUT2D eigenvalue weighted by Gasteiger charge is -2.33. The SMILES string of the molecule is CCCNC(=O)NC(=O)CN1CCNCC1C. The van der Waals surface area contributed by atoms with E-state index >= 15 is 0 Å². The van der Waals surface area contributed by atoms with Crippen molar-refractivity contribution in [2.24, 2.45) is 0 Å². The summed E-state index contributed by atoms with van der Waals surface area (Å²) in [5.74, 6) is -0.243. The summed E-state index contributed by atoms with van der Waals surface area (Å²) in [6.45, 7) is 7.51. The first-order valence-electron chi connectivity index (χ1n) is 6.16. The van der Waals surface area contributed by atoms with Crippen molar-refractivity contribution >= 4 is 11.9 Å². The zero-order valence-corrected chi connectivity index (χ0v) is 10.6. The largest absolute Gasteiger partial charge is 0.338 e. The van der Waals surface area contributed by atoms with Crippen LogP contribution in [0.15, 0.2) is 0 Å². The van der Waals surface area contributed by atoms with Gasteiger partial charge in [-0.15, -0.1) is 0 Å². The zero-order valence-electron chi connectivity index (χ0n) is 10.6. The van der Waals surface area contributed by atoms with Gasteiger partial charge in [-0.1, -0.05) is 6.92 Å². The molecule has 0 aromatic rings. The van der Waals surface area contributed by atoms with Gasteiger partial charge in [0.1, 0.15) is 0 Å². The fourth-order valence-electron chi connectivity index (χ4n) is 1.75. The van der Waals surface area contributed by atoms with Gasteiger partial charge in [0, 0.05) is 32.2 Å². The van der Waals surface area contributed by atoms with Gasteiger partial charge < -0.3 is 10.6 Å². The number of carbonyl (C=O) groups excluding carboxylic acids is 2. The summed E-state index contributed by atoms with van der Waals surface area (Å²) in [7, 11) is 0. The van der Waals surface area contributed by atoms with Crippen LogP contribution in [0.2, 0.25) is 0 Å². The van der Waals surface area contributed by atoms with Crippen LogP contribution in [-0.4, -0.2) is 55.6 Å². The van der Waals surface area contributed by atoms with E-state index in [2.05, 4.69) is 27.8 Å². The second kappa shape index (κ2) is 7.24. The number of carbonyl (C=O) groups is 2. The van der Waals surface area contributed by atoms with Crippen LogP contribution >= 0.6 is 0 Å². The molecule has 1 aliphatic rings. The minimum absolute atomic E-state index is 0.243. The molecule has 0 bridgehead atoms. The number of piperazine rings is 1. The quantitative estimate of drug-likeness (QED) is 0.622. The molecule has 17 heavy (non-hydrogen) atoms. The molecule has 1 heterocycles. The summed E-state index contributed by atoms with van der Waals surface area (Å²) in [6.07, 6.45) is 0.858. The molecule has 1 atom stereocenters. The lowest BCUT2D eigenvalue weighted by molar-refractivity contribution is -0.121. The van der Waals surface area contributed by atoms with E-state index in [0.29, 0.717) is 12.6 Å². The van der Waals surface area contributed by atoms with E-state index in [1.165, 1.54) is 0 Å². The third kappa shape index (κ3) is 5.14. The van der Waals surface area contributed by atoms with Gasteiger partial charge in [0.25, 0.3) is 0 Å². The van der Waals surface area contributed by atoms with E-state index in [0.717, 1.165) is 26.1 Å². The van der Waals surface area contributed by atoms with Crippen LogP contribution in [-0.2, 0) is 4.79 Å².